The van der Waals surface area contributed by atoms with Crippen LogP contribution in [0.25, 0.3) is 0 Å². The van der Waals surface area contributed by atoms with Crippen LogP contribution in [0.1, 0.15) is 32.1 Å². The molecule has 0 amide bonds. The second-order valence-corrected chi connectivity index (χ2v) is 6.97. The normalized spacial score (nSPS) is 24.1. The fourth-order valence-corrected chi connectivity index (χ4v) is 3.97. The van der Waals surface area contributed by atoms with Gasteiger partial charge in [0.2, 0.25) is 0 Å². The molecule has 1 aliphatic heterocycles. The summed E-state index contributed by atoms with van der Waals surface area (Å²) in [5, 5.41) is 0. The number of rotatable bonds is 7. The van der Waals surface area contributed by atoms with Gasteiger partial charge in [-0.05, 0) is 39.4 Å². The molecule has 0 spiro atoms. The van der Waals surface area contributed by atoms with Gasteiger partial charge < -0.3 is 10.6 Å². The Kier molecular flexibility index (Phi) is 5.72. The standard InChI is InChI=1S/C11H24N2O2S/c1-13(8-5-3-2-4-7-12)11-6-9-16(14,15)10-11/h11H,2-10,12H2,1H3. The first-order valence-corrected chi connectivity index (χ1v) is 7.98. The minimum Gasteiger partial charge on any atom is -0.330 e. The van der Waals surface area contributed by atoms with E-state index in [2.05, 4.69) is 4.90 Å². The Balaban J connectivity index is 2.14. The van der Waals surface area contributed by atoms with Crippen LogP contribution < -0.4 is 5.73 Å². The molecule has 0 aromatic rings. The van der Waals surface area contributed by atoms with Gasteiger partial charge >= 0.3 is 0 Å². The molecule has 1 aliphatic rings. The third-order valence-electron chi connectivity index (χ3n) is 3.30. The van der Waals surface area contributed by atoms with E-state index in [-0.39, 0.29) is 6.04 Å². The van der Waals surface area contributed by atoms with Crippen LogP contribution in [-0.4, -0.2) is 51.0 Å². The minimum absolute atomic E-state index is 0.250. The van der Waals surface area contributed by atoms with Crippen LogP contribution in [0.2, 0.25) is 0 Å². The lowest BCUT2D eigenvalue weighted by Gasteiger charge is -2.22. The van der Waals surface area contributed by atoms with Gasteiger partial charge in [0.05, 0.1) is 11.5 Å². The van der Waals surface area contributed by atoms with Gasteiger partial charge in [-0.15, -0.1) is 0 Å². The molecule has 1 atom stereocenters. The fourth-order valence-electron chi connectivity index (χ4n) is 2.16. The first-order chi connectivity index (χ1) is 7.55. The maximum absolute atomic E-state index is 11.3. The van der Waals surface area contributed by atoms with Gasteiger partial charge in [-0.25, -0.2) is 8.42 Å². The third-order valence-corrected chi connectivity index (χ3v) is 5.05. The number of nitrogens with zero attached hydrogens (tertiary/aromatic N) is 1. The molecule has 0 aromatic heterocycles. The summed E-state index contributed by atoms with van der Waals surface area (Å²) in [5.74, 6) is 0.724. The lowest BCUT2D eigenvalue weighted by molar-refractivity contribution is 0.256. The third kappa shape index (κ3) is 4.80. The van der Waals surface area contributed by atoms with Gasteiger partial charge in [-0.2, -0.15) is 0 Å². The zero-order valence-electron chi connectivity index (χ0n) is 10.2. The number of hydrogen-bond donors (Lipinski definition) is 1. The Morgan fingerprint density at radius 3 is 2.50 bits per heavy atom. The van der Waals surface area contributed by atoms with E-state index in [1.807, 2.05) is 7.05 Å². The lowest BCUT2D eigenvalue weighted by Crippen LogP contribution is -2.33. The molecule has 1 fully saturated rings. The largest absolute Gasteiger partial charge is 0.330 e. The molecule has 16 heavy (non-hydrogen) atoms. The Bertz CT molecular complexity index is 290. The molecule has 1 unspecified atom stereocenters. The maximum Gasteiger partial charge on any atom is 0.151 e. The summed E-state index contributed by atoms with van der Waals surface area (Å²) in [6.07, 6.45) is 5.44. The molecule has 1 heterocycles. The zero-order chi connectivity index (χ0) is 12.0. The summed E-state index contributed by atoms with van der Waals surface area (Å²) in [4.78, 5) is 2.20. The van der Waals surface area contributed by atoms with E-state index in [1.165, 1.54) is 12.8 Å². The number of sulfone groups is 1. The summed E-state index contributed by atoms with van der Waals surface area (Å²) in [5.41, 5.74) is 5.42. The van der Waals surface area contributed by atoms with Crippen LogP contribution >= 0.6 is 0 Å². The van der Waals surface area contributed by atoms with Crippen molar-refractivity contribution in [1.29, 1.82) is 0 Å². The Hall–Kier alpha value is -0.130. The zero-order valence-corrected chi connectivity index (χ0v) is 11.0. The van der Waals surface area contributed by atoms with Crippen molar-refractivity contribution in [2.24, 2.45) is 5.73 Å². The highest BCUT2D eigenvalue weighted by Crippen LogP contribution is 2.16. The topological polar surface area (TPSA) is 63.4 Å². The van der Waals surface area contributed by atoms with Crippen molar-refractivity contribution in [3.63, 3.8) is 0 Å². The average molecular weight is 248 g/mol. The first kappa shape index (κ1) is 13.9. The van der Waals surface area contributed by atoms with E-state index in [9.17, 15) is 8.42 Å². The highest BCUT2D eigenvalue weighted by atomic mass is 32.2. The molecule has 1 saturated heterocycles. The van der Waals surface area contributed by atoms with Gasteiger partial charge in [0.15, 0.2) is 9.84 Å². The van der Waals surface area contributed by atoms with Crippen molar-refractivity contribution in [3.05, 3.63) is 0 Å². The summed E-state index contributed by atoms with van der Waals surface area (Å²) in [7, 11) is -0.702. The quantitative estimate of drug-likeness (QED) is 0.671. The van der Waals surface area contributed by atoms with Crippen LogP contribution in [0.15, 0.2) is 0 Å². The molecule has 4 nitrogen and oxygen atoms in total. The van der Waals surface area contributed by atoms with Gasteiger partial charge in [0.25, 0.3) is 0 Å². The predicted octanol–water partition coefficient (Wildman–Crippen LogP) is 0.624. The maximum atomic E-state index is 11.3. The number of hydrogen-bond acceptors (Lipinski definition) is 4. The van der Waals surface area contributed by atoms with Crippen molar-refractivity contribution < 1.29 is 8.42 Å². The molecular weight excluding hydrogens is 224 g/mol. The summed E-state index contributed by atoms with van der Waals surface area (Å²) < 4.78 is 22.6. The van der Waals surface area contributed by atoms with Crippen LogP contribution in [0.5, 0.6) is 0 Å². The predicted molar refractivity (Wildman–Crippen MR) is 67.2 cm³/mol. The molecular formula is C11H24N2O2S. The summed E-state index contributed by atoms with van der Waals surface area (Å²) >= 11 is 0. The SMILES string of the molecule is CN(CCCCCCN)C1CCS(=O)(=O)C1. The Morgan fingerprint density at radius 1 is 1.25 bits per heavy atom. The van der Waals surface area contributed by atoms with E-state index in [0.717, 1.165) is 32.4 Å². The van der Waals surface area contributed by atoms with Crippen molar-refractivity contribution >= 4 is 9.84 Å². The van der Waals surface area contributed by atoms with Crippen molar-refractivity contribution in [2.75, 3.05) is 31.6 Å². The van der Waals surface area contributed by atoms with Crippen LogP contribution in [0, 0.1) is 0 Å². The smallest absolute Gasteiger partial charge is 0.151 e. The highest BCUT2D eigenvalue weighted by molar-refractivity contribution is 7.91. The molecule has 0 saturated carbocycles. The van der Waals surface area contributed by atoms with Gasteiger partial charge in [-0.1, -0.05) is 12.8 Å². The van der Waals surface area contributed by atoms with Crippen LogP contribution in [0.4, 0.5) is 0 Å². The van der Waals surface area contributed by atoms with E-state index in [4.69, 9.17) is 5.73 Å². The molecule has 5 heteroatoms. The molecule has 0 bridgehead atoms. The lowest BCUT2D eigenvalue weighted by atomic mass is 10.1. The average Bonchev–Trinajstić information content (AvgIpc) is 2.58. The minimum atomic E-state index is -2.74. The molecule has 2 N–H and O–H groups in total. The summed E-state index contributed by atoms with van der Waals surface area (Å²) in [6.45, 7) is 1.78. The summed E-state index contributed by atoms with van der Waals surface area (Å²) in [6, 6.07) is 0.250. The molecule has 0 aromatic carbocycles. The second kappa shape index (κ2) is 6.57. The van der Waals surface area contributed by atoms with Gasteiger partial charge in [-0.3, -0.25) is 0 Å². The van der Waals surface area contributed by atoms with E-state index >= 15 is 0 Å². The molecule has 0 aliphatic carbocycles. The monoisotopic (exact) mass is 248 g/mol. The van der Waals surface area contributed by atoms with E-state index < -0.39 is 9.84 Å². The fraction of sp³-hybridized carbons (Fsp3) is 1.00. The molecule has 0 radical (unpaired) electrons. The number of nitrogens with two attached hydrogens (primary N) is 1. The number of unbranched alkanes of at least 4 members (excludes halogenated alkanes) is 3. The van der Waals surface area contributed by atoms with E-state index in [0.29, 0.717) is 11.5 Å². The van der Waals surface area contributed by atoms with Crippen molar-refractivity contribution in [3.8, 4) is 0 Å². The Labute approximate surface area is 99.1 Å². The molecule has 1 rings (SSSR count). The van der Waals surface area contributed by atoms with Crippen LogP contribution in [0.3, 0.4) is 0 Å². The second-order valence-electron chi connectivity index (χ2n) is 4.74. The van der Waals surface area contributed by atoms with Crippen molar-refractivity contribution in [1.82, 2.24) is 4.90 Å². The Morgan fingerprint density at radius 2 is 1.94 bits per heavy atom. The van der Waals surface area contributed by atoms with E-state index in [1.54, 1.807) is 0 Å². The first-order valence-electron chi connectivity index (χ1n) is 6.16. The highest BCUT2D eigenvalue weighted by Gasteiger charge is 2.30. The van der Waals surface area contributed by atoms with Crippen LogP contribution in [-0.2, 0) is 9.84 Å². The van der Waals surface area contributed by atoms with Gasteiger partial charge in [0.1, 0.15) is 0 Å². The van der Waals surface area contributed by atoms with Gasteiger partial charge in [0, 0.05) is 6.04 Å². The molecule has 96 valence electrons. The van der Waals surface area contributed by atoms with Crippen molar-refractivity contribution in [2.45, 2.75) is 38.1 Å².